The molecule has 1 heterocycles. The number of rotatable bonds is 15. The Bertz CT molecular complexity index is 1180. The summed E-state index contributed by atoms with van der Waals surface area (Å²) >= 11 is 0. The lowest BCUT2D eigenvalue weighted by atomic mass is 9.96. The third-order valence-electron chi connectivity index (χ3n) is 6.58. The van der Waals surface area contributed by atoms with Crippen LogP contribution in [0.2, 0.25) is 0 Å². The number of carboxylic acids is 2. The second-order valence-electron chi connectivity index (χ2n) is 9.60. The van der Waals surface area contributed by atoms with E-state index in [1.807, 2.05) is 24.3 Å². The summed E-state index contributed by atoms with van der Waals surface area (Å²) < 4.78 is 0. The summed E-state index contributed by atoms with van der Waals surface area (Å²) in [5.74, 6) is -5.29. The number of amides is 3. The van der Waals surface area contributed by atoms with Crippen LogP contribution < -0.4 is 21.7 Å². The molecule has 214 valence electrons. The van der Waals surface area contributed by atoms with Crippen LogP contribution in [0.25, 0.3) is 10.9 Å². The molecule has 0 saturated heterocycles. The van der Waals surface area contributed by atoms with Gasteiger partial charge in [0, 0.05) is 29.9 Å². The van der Waals surface area contributed by atoms with Gasteiger partial charge in [-0.2, -0.15) is 0 Å². The van der Waals surface area contributed by atoms with Crippen molar-refractivity contribution in [2.75, 3.05) is 0 Å². The number of hydrogen-bond acceptors (Lipinski definition) is 7. The van der Waals surface area contributed by atoms with Crippen LogP contribution in [0.15, 0.2) is 30.5 Å². The normalized spacial score (nSPS) is 15.8. The molecule has 3 amide bonds. The van der Waals surface area contributed by atoms with Crippen molar-refractivity contribution in [1.29, 1.82) is 0 Å². The number of carbonyl (C=O) groups excluding carboxylic acids is 3. The van der Waals surface area contributed by atoms with E-state index in [-0.39, 0.29) is 19.3 Å². The van der Waals surface area contributed by atoms with Gasteiger partial charge in [0.2, 0.25) is 17.7 Å². The third-order valence-corrected chi connectivity index (χ3v) is 6.58. The van der Waals surface area contributed by atoms with E-state index in [0.29, 0.717) is 12.0 Å². The summed E-state index contributed by atoms with van der Waals surface area (Å²) in [6, 6.07) is 2.15. The molecule has 0 aliphatic heterocycles. The number of aromatic amines is 1. The number of aliphatic hydroxyl groups is 1. The van der Waals surface area contributed by atoms with E-state index in [2.05, 4.69) is 20.9 Å². The highest BCUT2D eigenvalue weighted by Gasteiger charge is 2.34. The molecule has 2 aromatic rings. The van der Waals surface area contributed by atoms with Gasteiger partial charge in [-0.1, -0.05) is 38.5 Å². The van der Waals surface area contributed by atoms with Crippen LogP contribution in [0.3, 0.4) is 0 Å². The summed E-state index contributed by atoms with van der Waals surface area (Å²) in [4.78, 5) is 64.5. The minimum atomic E-state index is -1.49. The average Bonchev–Trinajstić information content (AvgIpc) is 3.30. The quantitative estimate of drug-likeness (QED) is 0.148. The Morgan fingerprint density at radius 2 is 1.56 bits per heavy atom. The molecule has 0 aliphatic carbocycles. The molecule has 1 aromatic heterocycles. The SMILES string of the molecule is CCC(C)C(NC(=O)C(NC(=O)C(N)CCC(=O)O)C(C)O)C(=O)NC(Cc1c[nH]c2ccccc12)C(=O)O. The Kier molecular flexibility index (Phi) is 11.4. The van der Waals surface area contributed by atoms with Crippen molar-refractivity contribution in [3.8, 4) is 0 Å². The summed E-state index contributed by atoms with van der Waals surface area (Å²) in [5, 5.41) is 36.9. The molecule has 0 radical (unpaired) electrons. The maximum absolute atomic E-state index is 13.2. The molecule has 0 spiro atoms. The van der Waals surface area contributed by atoms with E-state index in [0.717, 1.165) is 10.9 Å². The molecule has 2 rings (SSSR count). The summed E-state index contributed by atoms with van der Waals surface area (Å²) in [6.07, 6.45) is 0.199. The molecule has 0 bridgehead atoms. The number of carbonyl (C=O) groups is 5. The van der Waals surface area contributed by atoms with Crippen LogP contribution in [0, 0.1) is 5.92 Å². The number of nitrogens with one attached hydrogen (secondary N) is 4. The largest absolute Gasteiger partial charge is 0.481 e. The first-order chi connectivity index (χ1) is 18.3. The molecule has 0 aliphatic rings. The Labute approximate surface area is 225 Å². The predicted octanol–water partition coefficient (Wildman–Crippen LogP) is -0.132. The zero-order valence-corrected chi connectivity index (χ0v) is 22.1. The molecule has 6 atom stereocenters. The molecule has 0 fully saturated rings. The number of para-hydroxylation sites is 1. The molecule has 13 heteroatoms. The number of aliphatic hydroxyl groups excluding tert-OH is 1. The fourth-order valence-corrected chi connectivity index (χ4v) is 4.00. The fourth-order valence-electron chi connectivity index (χ4n) is 4.00. The maximum atomic E-state index is 13.2. The van der Waals surface area contributed by atoms with Crippen LogP contribution in [0.5, 0.6) is 0 Å². The Morgan fingerprint density at radius 1 is 0.949 bits per heavy atom. The molecule has 9 N–H and O–H groups in total. The Morgan fingerprint density at radius 3 is 2.15 bits per heavy atom. The van der Waals surface area contributed by atoms with E-state index in [1.165, 1.54) is 6.92 Å². The number of fused-ring (bicyclic) bond motifs is 1. The van der Waals surface area contributed by atoms with Crippen molar-refractivity contribution in [1.82, 2.24) is 20.9 Å². The monoisotopic (exact) mass is 547 g/mol. The van der Waals surface area contributed by atoms with Crippen LogP contribution in [0.1, 0.15) is 45.6 Å². The van der Waals surface area contributed by atoms with Crippen molar-refractivity contribution < 1.29 is 39.3 Å². The van der Waals surface area contributed by atoms with Crippen molar-refractivity contribution in [3.63, 3.8) is 0 Å². The number of H-pyrrole nitrogens is 1. The number of aromatic nitrogens is 1. The molecule has 6 unspecified atom stereocenters. The van der Waals surface area contributed by atoms with Gasteiger partial charge in [-0.3, -0.25) is 19.2 Å². The minimum Gasteiger partial charge on any atom is -0.481 e. The Hall–Kier alpha value is -3.97. The summed E-state index contributed by atoms with van der Waals surface area (Å²) in [6.45, 7) is 4.73. The smallest absolute Gasteiger partial charge is 0.326 e. The fraction of sp³-hybridized carbons (Fsp3) is 0.500. The Balaban J connectivity index is 2.16. The van der Waals surface area contributed by atoms with Crippen molar-refractivity contribution in [2.45, 2.75) is 76.7 Å². The summed E-state index contributed by atoms with van der Waals surface area (Å²) in [7, 11) is 0. The van der Waals surface area contributed by atoms with Gasteiger partial charge in [0.15, 0.2) is 0 Å². The highest BCUT2D eigenvalue weighted by molar-refractivity contribution is 5.95. The second-order valence-corrected chi connectivity index (χ2v) is 9.60. The molecule has 1 aromatic carbocycles. The first-order valence-corrected chi connectivity index (χ1v) is 12.7. The standard InChI is InChI=1S/C26H37N5O8/c1-4-13(2)21(30-25(37)22(14(3)32)31-23(35)17(27)9-10-20(33)34)24(36)29-19(26(38)39)11-15-12-28-18-8-6-5-7-16(15)18/h5-8,12-14,17,19,21-22,28,32H,4,9-11,27H2,1-3H3,(H,29,36)(H,30,37)(H,31,35)(H,33,34)(H,38,39). The van der Waals surface area contributed by atoms with Crippen molar-refractivity contribution >= 4 is 40.6 Å². The van der Waals surface area contributed by atoms with E-state index >= 15 is 0 Å². The topological polar surface area (TPSA) is 224 Å². The van der Waals surface area contributed by atoms with Crippen LogP contribution in [-0.4, -0.2) is 80.2 Å². The van der Waals surface area contributed by atoms with Crippen molar-refractivity contribution in [2.24, 2.45) is 11.7 Å². The van der Waals surface area contributed by atoms with Crippen molar-refractivity contribution in [3.05, 3.63) is 36.0 Å². The minimum absolute atomic E-state index is 0.00710. The van der Waals surface area contributed by atoms with Gasteiger partial charge in [0.1, 0.15) is 18.1 Å². The molecule has 13 nitrogen and oxygen atoms in total. The highest BCUT2D eigenvalue weighted by Crippen LogP contribution is 2.19. The molecular formula is C26H37N5O8. The lowest BCUT2D eigenvalue weighted by molar-refractivity contribution is -0.143. The average molecular weight is 548 g/mol. The highest BCUT2D eigenvalue weighted by atomic mass is 16.4. The number of nitrogens with two attached hydrogens (primary N) is 1. The zero-order chi connectivity index (χ0) is 29.3. The first kappa shape index (κ1) is 31.2. The van der Waals surface area contributed by atoms with Crippen LogP contribution >= 0.6 is 0 Å². The van der Waals surface area contributed by atoms with Gasteiger partial charge >= 0.3 is 11.9 Å². The third kappa shape index (κ3) is 8.79. The summed E-state index contributed by atoms with van der Waals surface area (Å²) in [5.41, 5.74) is 7.21. The number of carboxylic acid groups (broad SMARTS) is 2. The van der Waals surface area contributed by atoms with E-state index in [9.17, 15) is 34.2 Å². The van der Waals surface area contributed by atoms with E-state index in [1.54, 1.807) is 20.0 Å². The molecule has 0 saturated carbocycles. The zero-order valence-electron chi connectivity index (χ0n) is 22.1. The maximum Gasteiger partial charge on any atom is 0.326 e. The molecular weight excluding hydrogens is 510 g/mol. The van der Waals surface area contributed by atoms with Crippen LogP contribution in [0.4, 0.5) is 0 Å². The van der Waals surface area contributed by atoms with Gasteiger partial charge in [-0.25, -0.2) is 4.79 Å². The predicted molar refractivity (Wildman–Crippen MR) is 141 cm³/mol. The van der Waals surface area contributed by atoms with Gasteiger partial charge in [0.05, 0.1) is 12.1 Å². The lowest BCUT2D eigenvalue weighted by Crippen LogP contribution is -2.61. The first-order valence-electron chi connectivity index (χ1n) is 12.7. The second kappa shape index (κ2) is 14.3. The van der Waals surface area contributed by atoms with Gasteiger partial charge in [0.25, 0.3) is 0 Å². The van der Waals surface area contributed by atoms with Gasteiger partial charge in [-0.05, 0) is 30.9 Å². The molecule has 39 heavy (non-hydrogen) atoms. The van der Waals surface area contributed by atoms with E-state index < -0.39 is 65.8 Å². The van der Waals surface area contributed by atoms with Gasteiger partial charge < -0.3 is 42.0 Å². The van der Waals surface area contributed by atoms with Gasteiger partial charge in [-0.15, -0.1) is 0 Å². The van der Waals surface area contributed by atoms with E-state index in [4.69, 9.17) is 10.8 Å². The number of aliphatic carboxylic acids is 2. The number of hydrogen-bond donors (Lipinski definition) is 8. The van der Waals surface area contributed by atoms with Crippen LogP contribution in [-0.2, 0) is 30.4 Å². The lowest BCUT2D eigenvalue weighted by Gasteiger charge is -2.29. The number of benzene rings is 1.